The van der Waals surface area contributed by atoms with Gasteiger partial charge < -0.3 is 4.74 Å². The van der Waals surface area contributed by atoms with Gasteiger partial charge in [-0.15, -0.1) is 0 Å². The molecule has 2 aromatic carbocycles. The molecule has 0 heterocycles. The Hall–Kier alpha value is -2.32. The van der Waals surface area contributed by atoms with E-state index in [1.165, 1.54) is 49.7 Å². The number of aryl methyl sites for hydroxylation is 1. The Balaban J connectivity index is 0.000000242. The normalized spacial score (nSPS) is 18.4. The summed E-state index contributed by atoms with van der Waals surface area (Å²) in [7, 11) is 0. The monoisotopic (exact) mass is 496 g/mol. The standard InChI is InChI=1S/C17H25F.C8H3F7O/c1-2-3-14-4-8-16(9-5-14)17-10-6-15(7-11-17)12-13-18;9-3-1-4(10)6(5(11)2-3)16-8(14,15)7(12)13/h4-5,8-9,15,17H,2-3,6-7,10-13H2,1H3;1-2,7H. The zero-order valence-corrected chi connectivity index (χ0v) is 18.8. The molecule has 0 radical (unpaired) electrons. The number of hydrogen-bond donors (Lipinski definition) is 0. The lowest BCUT2D eigenvalue weighted by Gasteiger charge is -2.28. The molecule has 0 N–H and O–H groups in total. The first-order chi connectivity index (χ1) is 16.1. The van der Waals surface area contributed by atoms with Crippen molar-refractivity contribution in [1.29, 1.82) is 0 Å². The van der Waals surface area contributed by atoms with Crippen molar-refractivity contribution in [3.63, 3.8) is 0 Å². The highest BCUT2D eigenvalue weighted by Crippen LogP contribution is 2.37. The predicted octanol–water partition coefficient (Wildman–Crippen LogP) is 8.61. The van der Waals surface area contributed by atoms with Crippen molar-refractivity contribution >= 4 is 0 Å². The van der Waals surface area contributed by atoms with Gasteiger partial charge in [0.25, 0.3) is 0 Å². The second-order valence-electron chi connectivity index (χ2n) is 8.35. The van der Waals surface area contributed by atoms with E-state index in [0.29, 0.717) is 5.92 Å². The van der Waals surface area contributed by atoms with Crippen molar-refractivity contribution < 1.29 is 39.9 Å². The zero-order chi connectivity index (χ0) is 25.3. The molecule has 1 nitrogen and oxygen atoms in total. The third kappa shape index (κ3) is 8.17. The van der Waals surface area contributed by atoms with E-state index in [-0.39, 0.29) is 18.8 Å². The van der Waals surface area contributed by atoms with E-state index >= 15 is 0 Å². The van der Waals surface area contributed by atoms with Crippen LogP contribution in [0.5, 0.6) is 5.75 Å². The second kappa shape index (κ2) is 13.0. The van der Waals surface area contributed by atoms with Gasteiger partial charge >= 0.3 is 12.5 Å². The highest BCUT2D eigenvalue weighted by Gasteiger charge is 2.45. The molecule has 1 saturated carbocycles. The molecule has 9 heteroatoms. The molecule has 0 aromatic heterocycles. The van der Waals surface area contributed by atoms with E-state index in [1.54, 1.807) is 0 Å². The summed E-state index contributed by atoms with van der Waals surface area (Å²) in [5.74, 6) is -5.45. The second-order valence-corrected chi connectivity index (χ2v) is 8.35. The molecule has 0 saturated heterocycles. The van der Waals surface area contributed by atoms with Crippen LogP contribution in [0.3, 0.4) is 0 Å². The van der Waals surface area contributed by atoms with Crippen LogP contribution in [0.25, 0.3) is 0 Å². The Morgan fingerprint density at radius 1 is 0.941 bits per heavy atom. The van der Waals surface area contributed by atoms with Crippen molar-refractivity contribution in [2.24, 2.45) is 5.92 Å². The molecule has 2 aromatic rings. The molecule has 0 aliphatic heterocycles. The number of ether oxygens (including phenoxy) is 1. The molecular formula is C25H28F8O. The zero-order valence-electron chi connectivity index (χ0n) is 18.8. The first-order valence-electron chi connectivity index (χ1n) is 11.2. The Bertz CT molecular complexity index is 854. The number of benzene rings is 2. The summed E-state index contributed by atoms with van der Waals surface area (Å²) in [6, 6.07) is 9.25. The minimum absolute atomic E-state index is 0.0277. The van der Waals surface area contributed by atoms with Crippen molar-refractivity contribution in [3.8, 4) is 5.75 Å². The van der Waals surface area contributed by atoms with Crippen LogP contribution in [0.4, 0.5) is 35.1 Å². The van der Waals surface area contributed by atoms with Gasteiger partial charge in [-0.1, -0.05) is 37.6 Å². The van der Waals surface area contributed by atoms with E-state index < -0.39 is 35.7 Å². The van der Waals surface area contributed by atoms with Crippen LogP contribution in [-0.2, 0) is 6.42 Å². The third-order valence-electron chi connectivity index (χ3n) is 5.81. The van der Waals surface area contributed by atoms with E-state index in [2.05, 4.69) is 35.9 Å². The Morgan fingerprint density at radius 3 is 1.97 bits per heavy atom. The quantitative estimate of drug-likeness (QED) is 0.333. The fourth-order valence-corrected chi connectivity index (χ4v) is 3.99. The highest BCUT2D eigenvalue weighted by molar-refractivity contribution is 5.27. The van der Waals surface area contributed by atoms with Gasteiger partial charge in [-0.3, -0.25) is 4.39 Å². The average Bonchev–Trinajstić information content (AvgIpc) is 2.78. The first-order valence-corrected chi connectivity index (χ1v) is 11.2. The van der Waals surface area contributed by atoms with Gasteiger partial charge in [0, 0.05) is 12.1 Å². The number of halogens is 8. The fourth-order valence-electron chi connectivity index (χ4n) is 3.99. The van der Waals surface area contributed by atoms with Crippen molar-refractivity contribution in [3.05, 3.63) is 65.0 Å². The molecule has 0 amide bonds. The molecule has 0 bridgehead atoms. The lowest BCUT2D eigenvalue weighted by molar-refractivity contribution is -0.255. The highest BCUT2D eigenvalue weighted by atomic mass is 19.3. The molecule has 190 valence electrons. The van der Waals surface area contributed by atoms with Gasteiger partial charge in [-0.25, -0.2) is 13.2 Å². The molecule has 3 rings (SSSR count). The molecule has 34 heavy (non-hydrogen) atoms. The van der Waals surface area contributed by atoms with Crippen molar-refractivity contribution in [2.75, 3.05) is 6.67 Å². The van der Waals surface area contributed by atoms with E-state index in [4.69, 9.17) is 0 Å². The molecule has 0 unspecified atom stereocenters. The largest absolute Gasteiger partial charge is 0.461 e. The summed E-state index contributed by atoms with van der Waals surface area (Å²) in [6.45, 7) is 2.08. The number of rotatable bonds is 8. The van der Waals surface area contributed by atoms with Crippen molar-refractivity contribution in [2.45, 2.75) is 70.3 Å². The van der Waals surface area contributed by atoms with Gasteiger partial charge in [0.15, 0.2) is 17.4 Å². The molecular weight excluding hydrogens is 468 g/mol. The fraction of sp³-hybridized carbons (Fsp3) is 0.520. The summed E-state index contributed by atoms with van der Waals surface area (Å²) in [6.07, 6.45) is -1.22. The summed E-state index contributed by atoms with van der Waals surface area (Å²) in [5, 5.41) is 0. The van der Waals surface area contributed by atoms with Crippen LogP contribution in [-0.4, -0.2) is 19.2 Å². The van der Waals surface area contributed by atoms with E-state index in [9.17, 15) is 35.1 Å². The van der Waals surface area contributed by atoms with Crippen molar-refractivity contribution in [1.82, 2.24) is 0 Å². The van der Waals surface area contributed by atoms with E-state index in [1.807, 2.05) is 0 Å². The lowest BCUT2D eigenvalue weighted by atomic mass is 9.77. The minimum Gasteiger partial charge on any atom is -0.422 e. The minimum atomic E-state index is -5.06. The van der Waals surface area contributed by atoms with Gasteiger partial charge in [-0.2, -0.15) is 17.6 Å². The third-order valence-corrected chi connectivity index (χ3v) is 5.81. The maximum absolute atomic E-state index is 12.7. The van der Waals surface area contributed by atoms with Gasteiger partial charge in [-0.05, 0) is 61.5 Å². The molecule has 0 spiro atoms. The summed E-state index contributed by atoms with van der Waals surface area (Å²) in [4.78, 5) is 0. The van der Waals surface area contributed by atoms with Crippen LogP contribution in [0.1, 0.15) is 62.5 Å². The number of hydrogen-bond acceptors (Lipinski definition) is 1. The predicted molar refractivity (Wildman–Crippen MR) is 114 cm³/mol. The maximum Gasteiger partial charge on any atom is 0.461 e. The SMILES string of the molecule is CCCc1ccc(C2CCC(CCF)CC2)cc1.Fc1cc(F)c(OC(F)(F)C(F)F)c(F)c1. The Kier molecular flexibility index (Phi) is 10.6. The Morgan fingerprint density at radius 2 is 1.50 bits per heavy atom. The average molecular weight is 496 g/mol. The smallest absolute Gasteiger partial charge is 0.422 e. The molecule has 1 aliphatic carbocycles. The lowest BCUT2D eigenvalue weighted by Crippen LogP contribution is -2.34. The molecule has 0 atom stereocenters. The first kappa shape index (κ1) is 27.9. The number of alkyl halides is 5. The molecule has 1 aliphatic rings. The van der Waals surface area contributed by atoms with Crippen LogP contribution >= 0.6 is 0 Å². The van der Waals surface area contributed by atoms with Crippen LogP contribution in [0.2, 0.25) is 0 Å². The van der Waals surface area contributed by atoms with Gasteiger partial charge in [0.2, 0.25) is 0 Å². The maximum atomic E-state index is 12.7. The Labute approximate surface area is 194 Å². The summed E-state index contributed by atoms with van der Waals surface area (Å²) in [5.41, 5.74) is 2.95. The van der Waals surface area contributed by atoms with Crippen LogP contribution < -0.4 is 4.74 Å². The topological polar surface area (TPSA) is 9.23 Å². The molecule has 1 fully saturated rings. The van der Waals surface area contributed by atoms with Gasteiger partial charge in [0.05, 0.1) is 6.67 Å². The van der Waals surface area contributed by atoms with Gasteiger partial charge in [0.1, 0.15) is 5.82 Å². The van der Waals surface area contributed by atoms with E-state index in [0.717, 1.165) is 12.3 Å². The van der Waals surface area contributed by atoms with Crippen LogP contribution in [0.15, 0.2) is 36.4 Å². The summed E-state index contributed by atoms with van der Waals surface area (Å²) >= 11 is 0. The van der Waals surface area contributed by atoms with Crippen LogP contribution in [0, 0.1) is 23.4 Å². The summed E-state index contributed by atoms with van der Waals surface area (Å²) < 4.78 is 101.